The van der Waals surface area contributed by atoms with Crippen molar-refractivity contribution in [3.05, 3.63) is 51.6 Å². The average molecular weight is 314 g/mol. The van der Waals surface area contributed by atoms with Crippen LogP contribution in [0.5, 0.6) is 5.75 Å². The van der Waals surface area contributed by atoms with Crippen LogP contribution in [0.25, 0.3) is 0 Å². The highest BCUT2D eigenvalue weighted by molar-refractivity contribution is 9.10. The second-order valence-corrected chi connectivity index (χ2v) is 4.79. The molecule has 0 aliphatic heterocycles. The highest BCUT2D eigenvalue weighted by atomic mass is 79.9. The number of hydrogen-bond acceptors (Lipinski definition) is 3. The summed E-state index contributed by atoms with van der Waals surface area (Å²) < 4.78 is 0.823. The van der Waals surface area contributed by atoms with E-state index in [-0.39, 0.29) is 5.75 Å². The minimum absolute atomic E-state index is 0.263. The molecule has 1 aromatic heterocycles. The van der Waals surface area contributed by atoms with Gasteiger partial charge in [-0.1, -0.05) is 23.7 Å². The van der Waals surface area contributed by atoms with Crippen LogP contribution in [0.2, 0.25) is 5.02 Å². The van der Waals surface area contributed by atoms with E-state index in [9.17, 15) is 0 Å². The van der Waals surface area contributed by atoms with Crippen LogP contribution >= 0.6 is 27.5 Å². The zero-order valence-corrected chi connectivity index (χ0v) is 11.2. The topological polar surface area (TPSA) is 45.1 Å². The van der Waals surface area contributed by atoms with Gasteiger partial charge in [-0.05, 0) is 39.7 Å². The summed E-state index contributed by atoms with van der Waals surface area (Å²) in [5.41, 5.74) is 1.06. The lowest BCUT2D eigenvalue weighted by Gasteiger charge is -2.07. The second kappa shape index (κ2) is 5.38. The Bertz CT molecular complexity index is 516. The monoisotopic (exact) mass is 312 g/mol. The minimum Gasteiger partial charge on any atom is -0.508 e. The van der Waals surface area contributed by atoms with Crippen LogP contribution in [-0.2, 0) is 6.54 Å². The van der Waals surface area contributed by atoms with Crippen LogP contribution < -0.4 is 5.32 Å². The number of nitrogens with zero attached hydrogens (tertiary/aromatic N) is 1. The summed E-state index contributed by atoms with van der Waals surface area (Å²) in [5.74, 6) is 1.00. The summed E-state index contributed by atoms with van der Waals surface area (Å²) in [7, 11) is 0. The van der Waals surface area contributed by atoms with E-state index in [0.29, 0.717) is 11.6 Å². The molecule has 5 heteroatoms. The third-order valence-corrected chi connectivity index (χ3v) is 3.02. The molecule has 0 amide bonds. The van der Waals surface area contributed by atoms with Crippen LogP contribution in [0.3, 0.4) is 0 Å². The fraction of sp³-hybridized carbons (Fsp3) is 0.0833. The van der Waals surface area contributed by atoms with Gasteiger partial charge in [0.2, 0.25) is 0 Å². The smallest absolute Gasteiger partial charge is 0.140 e. The predicted molar refractivity (Wildman–Crippen MR) is 72.4 cm³/mol. The number of aromatic nitrogens is 1. The van der Waals surface area contributed by atoms with Crippen LogP contribution in [0.15, 0.2) is 41.0 Å². The van der Waals surface area contributed by atoms with Gasteiger partial charge in [0.05, 0.1) is 9.50 Å². The standard InChI is InChI=1S/C12H10BrClN2O/c13-11-5-9(14)7-16-12(11)15-6-8-1-3-10(17)4-2-8/h1-5,7,17H,6H2,(H,15,16). The lowest BCUT2D eigenvalue weighted by molar-refractivity contribution is 0.475. The van der Waals surface area contributed by atoms with Crippen molar-refractivity contribution in [2.24, 2.45) is 0 Å². The highest BCUT2D eigenvalue weighted by Crippen LogP contribution is 2.23. The van der Waals surface area contributed by atoms with Crippen molar-refractivity contribution in [3.63, 3.8) is 0 Å². The van der Waals surface area contributed by atoms with Gasteiger partial charge in [0.15, 0.2) is 0 Å². The molecular weight excluding hydrogens is 304 g/mol. The lowest BCUT2D eigenvalue weighted by atomic mass is 10.2. The number of benzene rings is 1. The first-order valence-electron chi connectivity index (χ1n) is 4.98. The van der Waals surface area contributed by atoms with Crippen LogP contribution in [0.4, 0.5) is 5.82 Å². The Labute approximate surface area is 113 Å². The van der Waals surface area contributed by atoms with Gasteiger partial charge in [-0.2, -0.15) is 0 Å². The van der Waals surface area contributed by atoms with Crippen LogP contribution in [-0.4, -0.2) is 10.1 Å². The summed E-state index contributed by atoms with van der Waals surface area (Å²) in [6, 6.07) is 8.80. The van der Waals surface area contributed by atoms with Crippen molar-refractivity contribution < 1.29 is 5.11 Å². The van der Waals surface area contributed by atoms with Gasteiger partial charge in [-0.15, -0.1) is 0 Å². The fourth-order valence-electron chi connectivity index (χ4n) is 1.34. The Balaban J connectivity index is 2.04. The van der Waals surface area contributed by atoms with Gasteiger partial charge < -0.3 is 10.4 Å². The summed E-state index contributed by atoms with van der Waals surface area (Å²) in [5, 5.41) is 12.9. The van der Waals surface area contributed by atoms with E-state index >= 15 is 0 Å². The van der Waals surface area contributed by atoms with Crippen LogP contribution in [0.1, 0.15) is 5.56 Å². The number of phenolic OH excluding ortho intramolecular Hbond substituents is 1. The number of rotatable bonds is 3. The lowest BCUT2D eigenvalue weighted by Crippen LogP contribution is -2.01. The molecule has 17 heavy (non-hydrogen) atoms. The van der Waals surface area contributed by atoms with E-state index in [0.717, 1.165) is 15.9 Å². The van der Waals surface area contributed by atoms with E-state index in [1.54, 1.807) is 24.4 Å². The molecule has 0 radical (unpaired) electrons. The number of hydrogen-bond donors (Lipinski definition) is 2. The van der Waals surface area contributed by atoms with Gasteiger partial charge in [-0.3, -0.25) is 0 Å². The molecule has 0 fully saturated rings. The van der Waals surface area contributed by atoms with E-state index in [4.69, 9.17) is 16.7 Å². The Morgan fingerprint density at radius 1 is 1.29 bits per heavy atom. The molecule has 0 aliphatic rings. The maximum absolute atomic E-state index is 9.16. The molecule has 2 aromatic rings. The Morgan fingerprint density at radius 2 is 2.00 bits per heavy atom. The average Bonchev–Trinajstić information content (AvgIpc) is 2.30. The van der Waals surface area contributed by atoms with Gasteiger partial charge in [0.25, 0.3) is 0 Å². The molecule has 0 atom stereocenters. The third-order valence-electron chi connectivity index (χ3n) is 2.20. The maximum Gasteiger partial charge on any atom is 0.140 e. The van der Waals surface area contributed by atoms with Crippen molar-refractivity contribution in [1.82, 2.24) is 4.98 Å². The number of anilines is 1. The quantitative estimate of drug-likeness (QED) is 0.905. The van der Waals surface area contributed by atoms with E-state index < -0.39 is 0 Å². The number of halogens is 2. The Kier molecular flexibility index (Phi) is 3.86. The molecule has 0 spiro atoms. The molecule has 1 aromatic carbocycles. The van der Waals surface area contributed by atoms with E-state index in [1.165, 1.54) is 0 Å². The van der Waals surface area contributed by atoms with Crippen molar-refractivity contribution in [2.45, 2.75) is 6.54 Å². The number of phenols is 1. The molecule has 0 bridgehead atoms. The first-order chi connectivity index (χ1) is 8.15. The third kappa shape index (κ3) is 3.35. The number of aromatic hydroxyl groups is 1. The summed E-state index contributed by atoms with van der Waals surface area (Å²) in [6.07, 6.45) is 1.59. The zero-order chi connectivity index (χ0) is 12.3. The molecule has 2 N–H and O–H groups in total. The number of pyridine rings is 1. The summed E-state index contributed by atoms with van der Waals surface area (Å²) in [4.78, 5) is 4.17. The van der Waals surface area contributed by atoms with Gasteiger partial charge in [-0.25, -0.2) is 4.98 Å². The van der Waals surface area contributed by atoms with Crippen molar-refractivity contribution >= 4 is 33.3 Å². The summed E-state index contributed by atoms with van der Waals surface area (Å²) in [6.45, 7) is 0.632. The molecule has 0 saturated carbocycles. The van der Waals surface area contributed by atoms with Crippen molar-refractivity contribution in [3.8, 4) is 5.75 Å². The minimum atomic E-state index is 0.263. The highest BCUT2D eigenvalue weighted by Gasteiger charge is 2.02. The second-order valence-electron chi connectivity index (χ2n) is 3.50. The van der Waals surface area contributed by atoms with Crippen molar-refractivity contribution in [2.75, 3.05) is 5.32 Å². The predicted octanol–water partition coefficient (Wildman–Crippen LogP) is 3.82. The SMILES string of the molecule is Oc1ccc(CNc2ncc(Cl)cc2Br)cc1. The van der Waals surface area contributed by atoms with E-state index in [2.05, 4.69) is 26.2 Å². The number of nitrogens with one attached hydrogen (secondary N) is 1. The first kappa shape index (κ1) is 12.2. The molecule has 2 rings (SSSR count). The Hall–Kier alpha value is -1.26. The molecule has 1 heterocycles. The first-order valence-corrected chi connectivity index (χ1v) is 6.15. The van der Waals surface area contributed by atoms with Crippen LogP contribution in [0, 0.1) is 0 Å². The van der Waals surface area contributed by atoms with Gasteiger partial charge in [0, 0.05) is 12.7 Å². The maximum atomic E-state index is 9.16. The van der Waals surface area contributed by atoms with E-state index in [1.807, 2.05) is 12.1 Å². The van der Waals surface area contributed by atoms with Gasteiger partial charge >= 0.3 is 0 Å². The van der Waals surface area contributed by atoms with Crippen molar-refractivity contribution in [1.29, 1.82) is 0 Å². The molecule has 88 valence electrons. The zero-order valence-electron chi connectivity index (χ0n) is 8.82. The summed E-state index contributed by atoms with van der Waals surface area (Å²) >= 11 is 9.19. The molecule has 0 unspecified atom stereocenters. The Morgan fingerprint density at radius 3 is 2.65 bits per heavy atom. The molecule has 0 aliphatic carbocycles. The molecule has 3 nitrogen and oxygen atoms in total. The fourth-order valence-corrected chi connectivity index (χ4v) is 2.12. The van der Waals surface area contributed by atoms with Gasteiger partial charge in [0.1, 0.15) is 11.6 Å². The normalized spacial score (nSPS) is 10.2. The molecular formula is C12H10BrClN2O. The largest absolute Gasteiger partial charge is 0.508 e. The molecule has 0 saturated heterocycles.